The highest BCUT2D eigenvalue weighted by atomic mass is 16.4. The second-order valence-corrected chi connectivity index (χ2v) is 13.1. The smallest absolute Gasteiger partial charge is 0.407 e. The molecule has 2 saturated carbocycles. The molecule has 5 rings (SSSR count). The molecule has 2 aliphatic heterocycles. The summed E-state index contributed by atoms with van der Waals surface area (Å²) in [5, 5.41) is 22.1. The van der Waals surface area contributed by atoms with Crippen LogP contribution in [0, 0.1) is 28.6 Å². The van der Waals surface area contributed by atoms with Crippen molar-refractivity contribution < 1.29 is 19.5 Å². The van der Waals surface area contributed by atoms with E-state index in [1.54, 1.807) is 0 Å². The number of hydrogen-bond acceptors (Lipinski definition) is 4. The molecule has 2 aliphatic carbocycles. The van der Waals surface area contributed by atoms with Crippen molar-refractivity contribution in [3.8, 4) is 6.07 Å². The maximum Gasteiger partial charge on any atom is 0.407 e. The van der Waals surface area contributed by atoms with Gasteiger partial charge in [-0.2, -0.15) is 5.26 Å². The third-order valence-corrected chi connectivity index (χ3v) is 9.45. The number of nitrogens with one attached hydrogen (secondary N) is 1. The molecule has 0 aromatic heterocycles. The summed E-state index contributed by atoms with van der Waals surface area (Å²) in [7, 11) is 0. The minimum Gasteiger partial charge on any atom is -0.465 e. The first kappa shape index (κ1) is 26.5. The quantitative estimate of drug-likeness (QED) is 0.604. The Hall–Kier alpha value is -3.08. The lowest BCUT2D eigenvalue weighted by Crippen LogP contribution is -2.59. The van der Waals surface area contributed by atoms with Crippen molar-refractivity contribution in [3.63, 3.8) is 0 Å². The highest BCUT2D eigenvalue weighted by molar-refractivity contribution is 5.89. The van der Waals surface area contributed by atoms with Crippen LogP contribution in [0.15, 0.2) is 24.3 Å². The zero-order valence-corrected chi connectivity index (χ0v) is 22.8. The predicted molar refractivity (Wildman–Crippen MR) is 142 cm³/mol. The van der Waals surface area contributed by atoms with Gasteiger partial charge in [-0.3, -0.25) is 9.59 Å². The Balaban J connectivity index is 1.50. The summed E-state index contributed by atoms with van der Waals surface area (Å²) in [4.78, 5) is 43.1. The van der Waals surface area contributed by atoms with Gasteiger partial charge in [0.2, 0.25) is 11.8 Å². The summed E-state index contributed by atoms with van der Waals surface area (Å²) in [6, 6.07) is 10.5. The van der Waals surface area contributed by atoms with E-state index < -0.39 is 23.5 Å². The lowest BCUT2D eigenvalue weighted by molar-refractivity contribution is -0.150. The number of carbonyl (C=O) groups is 3. The minimum atomic E-state index is -0.897. The van der Waals surface area contributed by atoms with Gasteiger partial charge in [-0.1, -0.05) is 57.9 Å². The lowest BCUT2D eigenvalue weighted by Gasteiger charge is -2.55. The van der Waals surface area contributed by atoms with E-state index in [9.17, 15) is 24.8 Å². The normalized spacial score (nSPS) is 27.7. The number of rotatable bonds is 3. The van der Waals surface area contributed by atoms with Gasteiger partial charge in [0.15, 0.2) is 0 Å². The third-order valence-electron chi connectivity index (χ3n) is 9.45. The highest BCUT2D eigenvalue weighted by Crippen LogP contribution is 2.52. The van der Waals surface area contributed by atoms with Crippen LogP contribution in [0.3, 0.4) is 0 Å². The molecule has 8 heteroatoms. The number of piperidine rings is 1. The van der Waals surface area contributed by atoms with Crippen LogP contribution in [0.5, 0.6) is 0 Å². The van der Waals surface area contributed by atoms with E-state index in [2.05, 4.69) is 44.3 Å². The molecule has 2 N–H and O–H groups in total. The van der Waals surface area contributed by atoms with Crippen molar-refractivity contribution in [3.05, 3.63) is 35.4 Å². The monoisotopic (exact) mass is 520 g/mol. The van der Waals surface area contributed by atoms with Crippen LogP contribution in [0.25, 0.3) is 0 Å². The van der Waals surface area contributed by atoms with E-state index >= 15 is 0 Å². The molecule has 8 nitrogen and oxygen atoms in total. The molecule has 38 heavy (non-hydrogen) atoms. The van der Waals surface area contributed by atoms with Crippen molar-refractivity contribution in [2.75, 3.05) is 19.6 Å². The Morgan fingerprint density at radius 1 is 1.03 bits per heavy atom. The minimum absolute atomic E-state index is 0.0288. The molecule has 1 aromatic carbocycles. The second kappa shape index (κ2) is 9.59. The van der Waals surface area contributed by atoms with Gasteiger partial charge in [0.05, 0.1) is 12.1 Å². The Kier molecular flexibility index (Phi) is 6.69. The van der Waals surface area contributed by atoms with Gasteiger partial charge < -0.3 is 20.2 Å². The molecular weight excluding hydrogens is 480 g/mol. The van der Waals surface area contributed by atoms with Crippen LogP contribution in [-0.2, 0) is 15.0 Å². The van der Waals surface area contributed by atoms with Crippen LogP contribution in [0.1, 0.15) is 89.3 Å². The Labute approximate surface area is 225 Å². The first-order valence-corrected chi connectivity index (χ1v) is 14.1. The van der Waals surface area contributed by atoms with Gasteiger partial charge in [-0.15, -0.1) is 0 Å². The average molecular weight is 521 g/mol. The van der Waals surface area contributed by atoms with Crippen LogP contribution in [0.2, 0.25) is 0 Å². The van der Waals surface area contributed by atoms with Gasteiger partial charge >= 0.3 is 6.09 Å². The van der Waals surface area contributed by atoms with Crippen LogP contribution < -0.4 is 5.32 Å². The summed E-state index contributed by atoms with van der Waals surface area (Å²) in [5.74, 6) is -0.966. The van der Waals surface area contributed by atoms with Crippen molar-refractivity contribution >= 4 is 17.9 Å². The molecule has 204 valence electrons. The molecule has 2 heterocycles. The molecule has 3 amide bonds. The average Bonchev–Trinajstić information content (AvgIpc) is 3.67. The maximum absolute atomic E-state index is 14.6. The SMILES string of the molecule is CC(C)(C)C1c2ccccc2C2(CCN(C(=O)O)CC2)CN1C(=O)[C@@H]1CCCC[C@H]1C(=O)NC1(C#N)CC1. The van der Waals surface area contributed by atoms with E-state index in [1.165, 1.54) is 10.5 Å². The molecule has 3 atom stereocenters. The standard InChI is InChI=1S/C30H40N4O4/c1-28(2,3)24-22-10-6-7-11-23(22)29(14-16-33(17-15-29)27(37)38)19-34(24)26(36)21-9-5-4-8-20(21)25(35)32-30(18-31)12-13-30/h6-7,10-11,20-21,24H,4-5,8-9,12-17,19H2,1-3H3,(H,32,35)(H,37,38)/t20-,21-,24?/m1/s1. The molecule has 1 saturated heterocycles. The topological polar surface area (TPSA) is 114 Å². The number of nitrogens with zero attached hydrogens (tertiary/aromatic N) is 3. The summed E-state index contributed by atoms with van der Waals surface area (Å²) in [6.45, 7) is 7.90. The summed E-state index contributed by atoms with van der Waals surface area (Å²) in [6.07, 6.45) is 4.92. The van der Waals surface area contributed by atoms with Crippen LogP contribution >= 0.6 is 0 Å². The Morgan fingerprint density at radius 2 is 1.66 bits per heavy atom. The zero-order chi connectivity index (χ0) is 27.3. The fraction of sp³-hybridized carbons (Fsp3) is 0.667. The van der Waals surface area contributed by atoms with E-state index in [1.807, 2.05) is 17.0 Å². The lowest BCUT2D eigenvalue weighted by atomic mass is 9.63. The van der Waals surface area contributed by atoms with E-state index in [0.29, 0.717) is 58.2 Å². The number of fused-ring (bicyclic) bond motifs is 2. The molecule has 3 fully saturated rings. The van der Waals surface area contributed by atoms with E-state index in [-0.39, 0.29) is 28.7 Å². The predicted octanol–water partition coefficient (Wildman–Crippen LogP) is 4.61. The molecule has 4 aliphatic rings. The number of nitriles is 1. The van der Waals surface area contributed by atoms with Crippen LogP contribution in [0.4, 0.5) is 4.79 Å². The molecular formula is C30H40N4O4. The molecule has 1 aromatic rings. The largest absolute Gasteiger partial charge is 0.465 e. The van der Waals surface area contributed by atoms with Gasteiger partial charge in [0, 0.05) is 36.9 Å². The first-order valence-electron chi connectivity index (χ1n) is 14.1. The van der Waals surface area contributed by atoms with Crippen molar-refractivity contribution in [2.24, 2.45) is 17.3 Å². The van der Waals surface area contributed by atoms with Gasteiger partial charge in [-0.25, -0.2) is 4.79 Å². The summed E-state index contributed by atoms with van der Waals surface area (Å²) < 4.78 is 0. The number of carbonyl (C=O) groups excluding carboxylic acids is 2. The van der Waals surface area contributed by atoms with Crippen molar-refractivity contribution in [2.45, 2.75) is 89.1 Å². The number of likely N-dealkylation sites (tertiary alicyclic amines) is 1. The molecule has 1 unspecified atom stereocenters. The Bertz CT molecular complexity index is 1150. The third kappa shape index (κ3) is 4.65. The van der Waals surface area contributed by atoms with Gasteiger partial charge in [-0.05, 0) is 55.1 Å². The molecule has 1 spiro atoms. The summed E-state index contributed by atoms with van der Waals surface area (Å²) in [5.41, 5.74) is 1.08. The fourth-order valence-electron chi connectivity index (χ4n) is 7.25. The fourth-order valence-corrected chi connectivity index (χ4v) is 7.25. The van der Waals surface area contributed by atoms with Gasteiger partial charge in [0.25, 0.3) is 0 Å². The van der Waals surface area contributed by atoms with Gasteiger partial charge in [0.1, 0.15) is 5.54 Å². The van der Waals surface area contributed by atoms with Crippen molar-refractivity contribution in [1.29, 1.82) is 5.26 Å². The Morgan fingerprint density at radius 3 is 2.24 bits per heavy atom. The van der Waals surface area contributed by atoms with E-state index in [4.69, 9.17) is 0 Å². The van der Waals surface area contributed by atoms with Crippen molar-refractivity contribution in [1.82, 2.24) is 15.1 Å². The number of amides is 3. The molecule has 0 bridgehead atoms. The number of benzene rings is 1. The molecule has 0 radical (unpaired) electrons. The number of carboxylic acid groups (broad SMARTS) is 1. The van der Waals surface area contributed by atoms with E-state index in [0.717, 1.165) is 18.4 Å². The highest BCUT2D eigenvalue weighted by Gasteiger charge is 2.52. The summed E-state index contributed by atoms with van der Waals surface area (Å²) >= 11 is 0. The maximum atomic E-state index is 14.6. The number of hydrogen-bond donors (Lipinski definition) is 2. The van der Waals surface area contributed by atoms with Crippen LogP contribution in [-0.4, -0.2) is 58.0 Å². The zero-order valence-electron chi connectivity index (χ0n) is 22.8. The first-order chi connectivity index (χ1) is 18.0. The second-order valence-electron chi connectivity index (χ2n) is 13.1.